The lowest BCUT2D eigenvalue weighted by Crippen LogP contribution is -2.26. The van der Waals surface area contributed by atoms with Crippen LogP contribution in [0, 0.1) is 6.92 Å². The summed E-state index contributed by atoms with van der Waals surface area (Å²) >= 11 is 0. The third-order valence-electron chi connectivity index (χ3n) is 2.99. The maximum absolute atomic E-state index is 11.6. The highest BCUT2D eigenvalue weighted by Gasteiger charge is 2.23. The summed E-state index contributed by atoms with van der Waals surface area (Å²) in [4.78, 5) is 22.4. The molecule has 1 rings (SSSR count). The first-order valence-corrected chi connectivity index (χ1v) is 5.90. The molecule has 0 radical (unpaired) electrons. The number of hydrogen-bond donors (Lipinski definition) is 4. The van der Waals surface area contributed by atoms with Crippen molar-refractivity contribution in [1.29, 1.82) is 0 Å². The van der Waals surface area contributed by atoms with E-state index in [9.17, 15) is 19.8 Å². The van der Waals surface area contributed by atoms with Crippen LogP contribution in [0.2, 0.25) is 0 Å². The van der Waals surface area contributed by atoms with E-state index >= 15 is 0 Å². The number of ether oxygens (including phenoxy) is 1. The number of nitrogen functional groups attached to an aromatic ring is 1. The molecular weight excluding hydrogens is 264 g/mol. The molecule has 0 saturated carbocycles. The van der Waals surface area contributed by atoms with Crippen molar-refractivity contribution in [2.75, 3.05) is 12.8 Å². The Bertz CT molecular complexity index is 530. The molecule has 0 aliphatic rings. The van der Waals surface area contributed by atoms with Crippen molar-refractivity contribution in [3.8, 4) is 0 Å². The zero-order valence-electron chi connectivity index (χ0n) is 11.3. The van der Waals surface area contributed by atoms with Gasteiger partial charge in [0.15, 0.2) is 0 Å². The van der Waals surface area contributed by atoms with E-state index in [1.54, 1.807) is 6.92 Å². The average Bonchev–Trinajstić information content (AvgIpc) is 2.39. The number of esters is 1. The first kappa shape index (κ1) is 15.9. The summed E-state index contributed by atoms with van der Waals surface area (Å²) in [6.07, 6.45) is -3.16. The summed E-state index contributed by atoms with van der Waals surface area (Å²) in [5.41, 5.74) is 11.9. The fourth-order valence-electron chi connectivity index (χ4n) is 1.79. The molecule has 1 aromatic rings. The lowest BCUT2D eigenvalue weighted by Gasteiger charge is -2.19. The van der Waals surface area contributed by atoms with Gasteiger partial charge in [-0.1, -0.05) is 0 Å². The quantitative estimate of drug-likeness (QED) is 0.430. The minimum atomic E-state index is -1.38. The topological polar surface area (TPSA) is 136 Å². The van der Waals surface area contributed by atoms with E-state index in [0.29, 0.717) is 5.56 Å². The molecule has 0 aromatic heterocycles. The number of rotatable bonds is 5. The second kappa shape index (κ2) is 6.36. The molecule has 0 fully saturated rings. The molecule has 7 heteroatoms. The molecule has 2 unspecified atom stereocenters. The Labute approximate surface area is 116 Å². The molecule has 0 aliphatic heterocycles. The lowest BCUT2D eigenvalue weighted by molar-refractivity contribution is -0.121. The Morgan fingerprint density at radius 3 is 2.45 bits per heavy atom. The van der Waals surface area contributed by atoms with Gasteiger partial charge >= 0.3 is 5.97 Å². The first-order valence-electron chi connectivity index (χ1n) is 5.90. The molecular formula is C13H18N2O5. The molecule has 0 aliphatic carbocycles. The van der Waals surface area contributed by atoms with Crippen molar-refractivity contribution in [2.24, 2.45) is 5.73 Å². The largest absolute Gasteiger partial charge is 0.465 e. The number of primary amides is 1. The van der Waals surface area contributed by atoms with Crippen LogP contribution >= 0.6 is 0 Å². The minimum absolute atomic E-state index is 0.188. The number of aliphatic hydroxyl groups is 2. The fraction of sp³-hybridized carbons (Fsp3) is 0.385. The Hall–Kier alpha value is -2.12. The average molecular weight is 282 g/mol. The summed E-state index contributed by atoms with van der Waals surface area (Å²) in [5.74, 6) is -1.35. The van der Waals surface area contributed by atoms with Gasteiger partial charge < -0.3 is 26.4 Å². The fourth-order valence-corrected chi connectivity index (χ4v) is 1.79. The summed E-state index contributed by atoms with van der Waals surface area (Å²) in [5, 5.41) is 19.6. The van der Waals surface area contributed by atoms with Crippen molar-refractivity contribution in [3.05, 3.63) is 28.8 Å². The molecule has 6 N–H and O–H groups in total. The van der Waals surface area contributed by atoms with Gasteiger partial charge in [-0.05, 0) is 30.2 Å². The van der Waals surface area contributed by atoms with Crippen LogP contribution in [0.4, 0.5) is 5.69 Å². The number of carbonyl (C=O) groups is 2. The smallest absolute Gasteiger partial charge is 0.338 e. The van der Waals surface area contributed by atoms with Crippen molar-refractivity contribution < 1.29 is 24.5 Å². The van der Waals surface area contributed by atoms with Crippen molar-refractivity contribution in [2.45, 2.75) is 25.6 Å². The SMILES string of the molecule is COC(=O)c1cc(C(O)C(O)CC(N)=O)cc(N)c1C. The van der Waals surface area contributed by atoms with Gasteiger partial charge in [0.25, 0.3) is 0 Å². The lowest BCUT2D eigenvalue weighted by atomic mass is 9.96. The Morgan fingerprint density at radius 1 is 1.35 bits per heavy atom. The summed E-state index contributed by atoms with van der Waals surface area (Å²) in [6.45, 7) is 1.64. The van der Waals surface area contributed by atoms with Gasteiger partial charge in [-0.3, -0.25) is 4.79 Å². The number of amides is 1. The van der Waals surface area contributed by atoms with Crippen LogP contribution < -0.4 is 11.5 Å². The number of benzene rings is 1. The molecule has 110 valence electrons. The van der Waals surface area contributed by atoms with Gasteiger partial charge in [-0.15, -0.1) is 0 Å². The van der Waals surface area contributed by atoms with Crippen LogP contribution in [0.25, 0.3) is 0 Å². The monoisotopic (exact) mass is 282 g/mol. The Morgan fingerprint density at radius 2 is 1.95 bits per heavy atom. The number of methoxy groups -OCH3 is 1. The number of carbonyl (C=O) groups excluding carboxylic acids is 2. The highest BCUT2D eigenvalue weighted by Crippen LogP contribution is 2.26. The van der Waals surface area contributed by atoms with Crippen LogP contribution in [0.15, 0.2) is 12.1 Å². The molecule has 1 aromatic carbocycles. The zero-order valence-corrected chi connectivity index (χ0v) is 11.3. The number of hydrogen-bond acceptors (Lipinski definition) is 6. The molecule has 1 amide bonds. The van der Waals surface area contributed by atoms with Crippen molar-refractivity contribution in [3.63, 3.8) is 0 Å². The maximum Gasteiger partial charge on any atom is 0.338 e. The molecule has 0 spiro atoms. The number of anilines is 1. The van der Waals surface area contributed by atoms with E-state index < -0.39 is 30.5 Å². The standard InChI is InChI=1S/C13H18N2O5/c1-6-8(13(19)20-2)3-7(4-9(6)14)12(18)10(16)5-11(15)17/h3-4,10,12,16,18H,5,14H2,1-2H3,(H2,15,17). The zero-order chi connectivity index (χ0) is 15.4. The summed E-state index contributed by atoms with van der Waals surface area (Å²) in [7, 11) is 1.23. The van der Waals surface area contributed by atoms with Crippen LogP contribution in [-0.2, 0) is 9.53 Å². The van der Waals surface area contributed by atoms with Crippen molar-refractivity contribution >= 4 is 17.6 Å². The first-order chi connectivity index (χ1) is 9.27. The van der Waals surface area contributed by atoms with Gasteiger partial charge in [0.05, 0.1) is 25.2 Å². The molecule has 7 nitrogen and oxygen atoms in total. The normalized spacial score (nSPS) is 13.6. The third-order valence-corrected chi connectivity index (χ3v) is 2.99. The van der Waals surface area contributed by atoms with Crippen molar-refractivity contribution in [1.82, 2.24) is 0 Å². The van der Waals surface area contributed by atoms with Crippen LogP contribution in [0.3, 0.4) is 0 Å². The third kappa shape index (κ3) is 3.46. The van der Waals surface area contributed by atoms with E-state index in [-0.39, 0.29) is 16.8 Å². The van der Waals surface area contributed by atoms with E-state index in [2.05, 4.69) is 4.74 Å². The highest BCUT2D eigenvalue weighted by molar-refractivity contribution is 5.92. The molecule has 0 heterocycles. The number of nitrogens with two attached hydrogens (primary N) is 2. The van der Waals surface area contributed by atoms with Gasteiger partial charge in [-0.25, -0.2) is 4.79 Å². The number of aliphatic hydroxyl groups excluding tert-OH is 2. The Kier molecular flexibility index (Phi) is 5.06. The van der Waals surface area contributed by atoms with E-state index in [0.717, 1.165) is 0 Å². The predicted molar refractivity (Wildman–Crippen MR) is 71.7 cm³/mol. The maximum atomic E-state index is 11.6. The van der Waals surface area contributed by atoms with Gasteiger partial charge in [-0.2, -0.15) is 0 Å². The van der Waals surface area contributed by atoms with Gasteiger partial charge in [0.1, 0.15) is 6.10 Å². The summed E-state index contributed by atoms with van der Waals surface area (Å²) in [6, 6.07) is 2.79. The molecule has 20 heavy (non-hydrogen) atoms. The predicted octanol–water partition coefficient (Wildman–Crippen LogP) is -0.366. The highest BCUT2D eigenvalue weighted by atomic mass is 16.5. The second-order valence-corrected chi connectivity index (χ2v) is 4.46. The Balaban J connectivity index is 3.16. The van der Waals surface area contributed by atoms with E-state index in [4.69, 9.17) is 11.5 Å². The molecule has 2 atom stereocenters. The van der Waals surface area contributed by atoms with Crippen LogP contribution in [0.1, 0.15) is 34.0 Å². The minimum Gasteiger partial charge on any atom is -0.465 e. The van der Waals surface area contributed by atoms with Gasteiger partial charge in [0.2, 0.25) is 5.91 Å². The second-order valence-electron chi connectivity index (χ2n) is 4.46. The summed E-state index contributed by atoms with van der Waals surface area (Å²) < 4.78 is 4.62. The van der Waals surface area contributed by atoms with Crippen LogP contribution in [-0.4, -0.2) is 35.3 Å². The van der Waals surface area contributed by atoms with E-state index in [1.165, 1.54) is 19.2 Å². The van der Waals surface area contributed by atoms with Crippen LogP contribution in [0.5, 0.6) is 0 Å². The molecule has 0 saturated heterocycles. The van der Waals surface area contributed by atoms with E-state index in [1.807, 2.05) is 0 Å². The van der Waals surface area contributed by atoms with Gasteiger partial charge in [0, 0.05) is 5.69 Å². The molecule has 0 bridgehead atoms.